The van der Waals surface area contributed by atoms with Crippen LogP contribution in [0, 0.1) is 0 Å². The molecule has 0 N–H and O–H groups in total. The summed E-state index contributed by atoms with van der Waals surface area (Å²) in [5, 5.41) is 0. The highest BCUT2D eigenvalue weighted by Crippen LogP contribution is 1.90. The number of carbonyl (C=O) groups excluding carboxylic acids is 1. The van der Waals surface area contributed by atoms with Crippen molar-refractivity contribution in [3.63, 3.8) is 0 Å². The summed E-state index contributed by atoms with van der Waals surface area (Å²) in [5.74, 6) is 0.0173. The van der Waals surface area contributed by atoms with Crippen LogP contribution in [0.5, 0.6) is 0 Å². The van der Waals surface area contributed by atoms with Gasteiger partial charge in [0.25, 0.3) is 0 Å². The van der Waals surface area contributed by atoms with Gasteiger partial charge in [0.05, 0.1) is 0 Å². The summed E-state index contributed by atoms with van der Waals surface area (Å²) in [7, 11) is 1.87. The lowest BCUT2D eigenvalue weighted by Crippen LogP contribution is -2.11. The molecule has 1 heterocycles. The van der Waals surface area contributed by atoms with Crippen molar-refractivity contribution in [1.29, 1.82) is 0 Å². The molecular weight excluding hydrogens is 125 g/mol. The van der Waals surface area contributed by atoms with E-state index in [1.54, 1.807) is 6.07 Å². The molecule has 1 aromatic heterocycles. The molecule has 0 radical (unpaired) electrons. The molecule has 0 saturated carbocycles. The van der Waals surface area contributed by atoms with Crippen molar-refractivity contribution >= 4 is 19.2 Å². The third-order valence-corrected chi connectivity index (χ3v) is 1.25. The third kappa shape index (κ3) is 1.44. The summed E-state index contributed by atoms with van der Waals surface area (Å²) in [6.45, 7) is 1.52. The lowest BCUT2D eigenvalue weighted by Gasteiger charge is -1.94. The number of pyridine rings is 1. The Morgan fingerprint density at radius 1 is 1.60 bits per heavy atom. The van der Waals surface area contributed by atoms with Crippen LogP contribution in [0.3, 0.4) is 0 Å². The molecular formula is C7H8BNO. The highest BCUT2D eigenvalue weighted by atomic mass is 16.1. The number of rotatable bonds is 1. The molecule has 50 valence electrons. The van der Waals surface area contributed by atoms with E-state index in [9.17, 15) is 4.79 Å². The number of Topliss-reactive ketones (excluding diaryl/α,β-unsaturated/α-hetero) is 1. The molecule has 2 nitrogen and oxygen atoms in total. The highest BCUT2D eigenvalue weighted by Gasteiger charge is 1.97. The van der Waals surface area contributed by atoms with Crippen molar-refractivity contribution < 1.29 is 4.79 Å². The zero-order valence-corrected chi connectivity index (χ0v) is 6.09. The Hall–Kier alpha value is -1.12. The van der Waals surface area contributed by atoms with Gasteiger partial charge in [-0.15, -0.1) is 0 Å². The smallest absolute Gasteiger partial charge is 0.178 e. The van der Waals surface area contributed by atoms with Crippen LogP contribution in [-0.2, 0) is 0 Å². The van der Waals surface area contributed by atoms with Crippen molar-refractivity contribution in [1.82, 2.24) is 4.98 Å². The second-order valence-electron chi connectivity index (χ2n) is 2.22. The van der Waals surface area contributed by atoms with E-state index in [1.165, 1.54) is 6.92 Å². The van der Waals surface area contributed by atoms with E-state index in [0.717, 1.165) is 5.59 Å². The first-order chi connectivity index (χ1) is 4.70. The maximum atomic E-state index is 10.7. The number of ketones is 1. The number of carbonyl (C=O) groups is 1. The van der Waals surface area contributed by atoms with E-state index >= 15 is 0 Å². The summed E-state index contributed by atoms with van der Waals surface area (Å²) in [5.41, 5.74) is 1.42. The van der Waals surface area contributed by atoms with Gasteiger partial charge in [-0.05, 0) is 11.7 Å². The van der Waals surface area contributed by atoms with E-state index in [0.29, 0.717) is 5.69 Å². The number of hydrogen-bond acceptors (Lipinski definition) is 2. The topological polar surface area (TPSA) is 30.0 Å². The first-order valence-corrected chi connectivity index (χ1v) is 3.15. The minimum absolute atomic E-state index is 0.0173. The van der Waals surface area contributed by atoms with Crippen LogP contribution in [0.1, 0.15) is 17.4 Å². The van der Waals surface area contributed by atoms with Gasteiger partial charge in [0.15, 0.2) is 13.6 Å². The molecule has 1 aromatic rings. The summed E-state index contributed by atoms with van der Waals surface area (Å²) < 4.78 is 0. The lowest BCUT2D eigenvalue weighted by atomic mass is 10.0. The lowest BCUT2D eigenvalue weighted by molar-refractivity contribution is 0.101. The fraction of sp³-hybridized carbons (Fsp3) is 0.143. The average molecular weight is 133 g/mol. The molecule has 0 aliphatic carbocycles. The number of aromatic nitrogens is 1. The Morgan fingerprint density at radius 3 is 2.70 bits per heavy atom. The fourth-order valence-corrected chi connectivity index (χ4v) is 0.739. The maximum absolute atomic E-state index is 10.7. The Bertz CT molecular complexity index is 260. The van der Waals surface area contributed by atoms with Crippen LogP contribution in [-0.4, -0.2) is 18.6 Å². The molecule has 3 heteroatoms. The van der Waals surface area contributed by atoms with E-state index in [4.69, 9.17) is 0 Å². The van der Waals surface area contributed by atoms with Gasteiger partial charge in [0.2, 0.25) is 0 Å². The Balaban J connectivity index is 3.07. The third-order valence-electron chi connectivity index (χ3n) is 1.25. The zero-order chi connectivity index (χ0) is 7.56. The van der Waals surface area contributed by atoms with Gasteiger partial charge in [0, 0.05) is 6.92 Å². The van der Waals surface area contributed by atoms with Crippen LogP contribution < -0.4 is 5.59 Å². The first kappa shape index (κ1) is 7.00. The normalized spacial score (nSPS) is 9.30. The van der Waals surface area contributed by atoms with E-state index < -0.39 is 0 Å². The quantitative estimate of drug-likeness (QED) is 0.383. The highest BCUT2D eigenvalue weighted by molar-refractivity contribution is 6.30. The minimum atomic E-state index is 0.0173. The zero-order valence-electron chi connectivity index (χ0n) is 6.09. The molecule has 0 aliphatic rings. The van der Waals surface area contributed by atoms with Gasteiger partial charge in [-0.25, -0.2) is 0 Å². The number of nitrogens with zero attached hydrogens (tertiary/aromatic N) is 1. The number of hydrogen-bond donors (Lipinski definition) is 0. The van der Waals surface area contributed by atoms with Crippen LogP contribution in [0.4, 0.5) is 0 Å². The second kappa shape index (κ2) is 2.65. The van der Waals surface area contributed by atoms with Crippen LogP contribution in [0.15, 0.2) is 18.2 Å². The first-order valence-electron chi connectivity index (χ1n) is 3.15. The van der Waals surface area contributed by atoms with Gasteiger partial charge >= 0.3 is 0 Å². The van der Waals surface area contributed by atoms with E-state index in [2.05, 4.69) is 4.98 Å². The van der Waals surface area contributed by atoms with Crippen molar-refractivity contribution in [2.45, 2.75) is 6.92 Å². The van der Waals surface area contributed by atoms with Crippen molar-refractivity contribution in [3.8, 4) is 0 Å². The second-order valence-corrected chi connectivity index (χ2v) is 2.22. The average Bonchev–Trinajstić information content (AvgIpc) is 1.88. The van der Waals surface area contributed by atoms with E-state index in [-0.39, 0.29) is 5.78 Å². The molecule has 0 aromatic carbocycles. The molecule has 0 saturated heterocycles. The molecule has 0 atom stereocenters. The van der Waals surface area contributed by atoms with Crippen LogP contribution in [0.25, 0.3) is 0 Å². The maximum Gasteiger partial charge on any atom is 0.178 e. The fourth-order valence-electron chi connectivity index (χ4n) is 0.739. The molecule has 0 amide bonds. The summed E-state index contributed by atoms with van der Waals surface area (Å²) in [6.07, 6.45) is 0. The predicted molar refractivity (Wildman–Crippen MR) is 42.4 cm³/mol. The summed E-state index contributed by atoms with van der Waals surface area (Å²) >= 11 is 0. The van der Waals surface area contributed by atoms with Gasteiger partial charge in [-0.3, -0.25) is 9.78 Å². The minimum Gasteiger partial charge on any atom is -0.293 e. The molecule has 0 unspecified atom stereocenters. The van der Waals surface area contributed by atoms with Crippen molar-refractivity contribution in [2.24, 2.45) is 0 Å². The molecule has 0 bridgehead atoms. The predicted octanol–water partition coefficient (Wildman–Crippen LogP) is -0.457. The van der Waals surface area contributed by atoms with Gasteiger partial charge < -0.3 is 0 Å². The molecule has 10 heavy (non-hydrogen) atoms. The van der Waals surface area contributed by atoms with Crippen LogP contribution >= 0.6 is 0 Å². The largest absolute Gasteiger partial charge is 0.293 e. The Morgan fingerprint density at radius 2 is 2.30 bits per heavy atom. The summed E-state index contributed by atoms with van der Waals surface area (Å²) in [4.78, 5) is 14.8. The molecule has 1 rings (SSSR count). The molecule has 0 aliphatic heterocycles. The van der Waals surface area contributed by atoms with Gasteiger partial charge in [0.1, 0.15) is 5.69 Å². The Labute approximate surface area is 60.7 Å². The Kier molecular flexibility index (Phi) is 1.85. The molecule has 0 fully saturated rings. The summed E-state index contributed by atoms with van der Waals surface area (Å²) in [6, 6.07) is 5.42. The monoisotopic (exact) mass is 133 g/mol. The van der Waals surface area contributed by atoms with Crippen molar-refractivity contribution in [3.05, 3.63) is 23.9 Å². The van der Waals surface area contributed by atoms with E-state index in [1.807, 2.05) is 20.0 Å². The van der Waals surface area contributed by atoms with Crippen LogP contribution in [0.2, 0.25) is 0 Å². The molecule has 0 spiro atoms. The van der Waals surface area contributed by atoms with Gasteiger partial charge in [-0.1, -0.05) is 12.1 Å². The van der Waals surface area contributed by atoms with Crippen molar-refractivity contribution in [2.75, 3.05) is 0 Å². The van der Waals surface area contributed by atoms with Gasteiger partial charge in [-0.2, -0.15) is 0 Å². The SMILES string of the molecule is Bc1cccc(C(C)=O)n1. The standard InChI is InChI=1S/C7H8BNO/c1-5(10)6-3-2-4-7(8)9-6/h2-4H,8H2,1H3.